The molecule has 0 aliphatic heterocycles. The van der Waals surface area contributed by atoms with E-state index in [2.05, 4.69) is 5.32 Å². The number of amides is 1. The Morgan fingerprint density at radius 2 is 1.60 bits per heavy atom. The van der Waals surface area contributed by atoms with Crippen LogP contribution in [0.25, 0.3) is 0 Å². The maximum Gasteiger partial charge on any atom is 0.257 e. The topological polar surface area (TPSA) is 29.1 Å². The number of carbonyl (C=O) groups excluding carboxylic acids is 1. The Balaban J connectivity index is 0.00000200. The van der Waals surface area contributed by atoms with Gasteiger partial charge >= 0.3 is 0 Å². The number of aryl methyl sites for hydroxylation is 3. The molecule has 2 aromatic carbocycles. The van der Waals surface area contributed by atoms with Gasteiger partial charge in [0.25, 0.3) is 5.91 Å². The largest absolute Gasteiger partial charge is 1.00 e. The summed E-state index contributed by atoms with van der Waals surface area (Å²) in [5.41, 5.74) is 4.55. The van der Waals surface area contributed by atoms with E-state index in [9.17, 15) is 4.79 Å². The van der Waals surface area contributed by atoms with Crippen LogP contribution in [0.5, 0.6) is 0 Å². The van der Waals surface area contributed by atoms with Gasteiger partial charge in [0.15, 0.2) is 0 Å². The van der Waals surface area contributed by atoms with Crippen LogP contribution in [0.1, 0.15) is 27.0 Å². The number of halogens is 2. The number of anilines is 1. The molecule has 0 aliphatic rings. The molecule has 0 unspecified atom stereocenters. The molecule has 0 fully saturated rings. The van der Waals surface area contributed by atoms with Gasteiger partial charge in [0.05, 0.1) is 10.6 Å². The van der Waals surface area contributed by atoms with Gasteiger partial charge in [0, 0.05) is 5.69 Å². The molecule has 2 nitrogen and oxygen atoms in total. The van der Waals surface area contributed by atoms with Gasteiger partial charge in [-0.1, -0.05) is 35.4 Å². The first kappa shape index (κ1) is 16.5. The van der Waals surface area contributed by atoms with Crippen molar-refractivity contribution in [3.8, 4) is 0 Å². The van der Waals surface area contributed by atoms with Crippen LogP contribution in [0.15, 0.2) is 36.4 Å². The number of carbonyl (C=O) groups is 1. The second-order valence-electron chi connectivity index (χ2n) is 4.76. The Hall–Kier alpha value is -1.51. The zero-order valence-electron chi connectivity index (χ0n) is 11.6. The van der Waals surface area contributed by atoms with Crippen LogP contribution in [0.3, 0.4) is 0 Å². The second-order valence-corrected chi connectivity index (χ2v) is 5.16. The Bertz CT molecular complexity index is 638. The lowest BCUT2D eigenvalue weighted by Crippen LogP contribution is -3.00. The predicted molar refractivity (Wildman–Crippen MR) is 80.1 cm³/mol. The smallest absolute Gasteiger partial charge is 0.257 e. The van der Waals surface area contributed by atoms with Crippen molar-refractivity contribution in [3.63, 3.8) is 0 Å². The van der Waals surface area contributed by atoms with Crippen LogP contribution in [0.4, 0.5) is 5.69 Å². The highest BCUT2D eigenvalue weighted by molar-refractivity contribution is 6.34. The first-order chi connectivity index (χ1) is 8.97. The minimum atomic E-state index is -0.183. The van der Waals surface area contributed by atoms with Crippen molar-refractivity contribution in [1.29, 1.82) is 0 Å². The second kappa shape index (κ2) is 6.78. The molecule has 106 valence electrons. The summed E-state index contributed by atoms with van der Waals surface area (Å²) in [6.45, 7) is 5.94. The lowest BCUT2D eigenvalue weighted by molar-refractivity contribution is -0.0000116. The van der Waals surface area contributed by atoms with Gasteiger partial charge in [-0.2, -0.15) is 0 Å². The Morgan fingerprint density at radius 1 is 1.00 bits per heavy atom. The summed E-state index contributed by atoms with van der Waals surface area (Å²) in [5, 5.41) is 3.36. The molecule has 4 heteroatoms. The molecule has 0 aromatic heterocycles. The van der Waals surface area contributed by atoms with Gasteiger partial charge in [-0.05, 0) is 50.1 Å². The third-order valence-electron chi connectivity index (χ3n) is 3.00. The molecule has 1 N–H and O–H groups in total. The standard InChI is InChI=1S/C16H16ClNO.ClH/c1-10-5-7-15(12(3)8-10)18-16(19)13-6-4-11(2)9-14(13)17;/h4-9H,1-3H3,(H,18,19);1H/p-1. The summed E-state index contributed by atoms with van der Waals surface area (Å²) in [5.74, 6) is -0.183. The van der Waals surface area contributed by atoms with Crippen molar-refractivity contribution in [2.75, 3.05) is 5.32 Å². The number of hydrogen-bond acceptors (Lipinski definition) is 1. The molecular formula is C16H16Cl2NO-. The van der Waals surface area contributed by atoms with Crippen LogP contribution in [-0.4, -0.2) is 5.91 Å². The van der Waals surface area contributed by atoms with E-state index < -0.39 is 0 Å². The van der Waals surface area contributed by atoms with Gasteiger partial charge in [0.2, 0.25) is 0 Å². The quantitative estimate of drug-likeness (QED) is 0.895. The zero-order chi connectivity index (χ0) is 14.0. The molecule has 0 aliphatic carbocycles. The molecule has 0 spiro atoms. The van der Waals surface area contributed by atoms with E-state index in [0.29, 0.717) is 10.6 Å². The summed E-state index contributed by atoms with van der Waals surface area (Å²) in [6.07, 6.45) is 0. The summed E-state index contributed by atoms with van der Waals surface area (Å²) >= 11 is 6.09. The molecule has 1 amide bonds. The van der Waals surface area contributed by atoms with Crippen molar-refractivity contribution < 1.29 is 17.2 Å². The molecule has 0 radical (unpaired) electrons. The van der Waals surface area contributed by atoms with Gasteiger partial charge in [-0.15, -0.1) is 0 Å². The summed E-state index contributed by atoms with van der Waals surface area (Å²) in [4.78, 5) is 12.2. The highest BCUT2D eigenvalue weighted by Crippen LogP contribution is 2.21. The molecule has 0 atom stereocenters. The fourth-order valence-corrected chi connectivity index (χ4v) is 2.27. The lowest BCUT2D eigenvalue weighted by Gasteiger charge is -2.10. The monoisotopic (exact) mass is 308 g/mol. The normalized spacial score (nSPS) is 9.80. The Kier molecular flexibility index (Phi) is 5.61. The van der Waals surface area contributed by atoms with Gasteiger partial charge in [-0.25, -0.2) is 0 Å². The van der Waals surface area contributed by atoms with Gasteiger partial charge < -0.3 is 17.7 Å². The first-order valence-corrected chi connectivity index (χ1v) is 6.50. The molecule has 0 saturated carbocycles. The highest BCUT2D eigenvalue weighted by Gasteiger charge is 2.11. The molecule has 0 saturated heterocycles. The first-order valence-electron chi connectivity index (χ1n) is 6.12. The van der Waals surface area contributed by atoms with Crippen LogP contribution in [0, 0.1) is 20.8 Å². The summed E-state index contributed by atoms with van der Waals surface area (Å²) < 4.78 is 0. The van der Waals surface area contributed by atoms with Crippen LogP contribution < -0.4 is 17.7 Å². The number of benzene rings is 2. The molecule has 2 aromatic rings. The van der Waals surface area contributed by atoms with Crippen LogP contribution in [0.2, 0.25) is 5.02 Å². The minimum Gasteiger partial charge on any atom is -1.00 e. The zero-order valence-corrected chi connectivity index (χ0v) is 13.1. The van der Waals surface area contributed by atoms with Gasteiger partial charge in [-0.3, -0.25) is 4.79 Å². The minimum absolute atomic E-state index is 0. The van der Waals surface area contributed by atoms with E-state index in [0.717, 1.165) is 16.8 Å². The fourth-order valence-electron chi connectivity index (χ4n) is 1.95. The molecule has 20 heavy (non-hydrogen) atoms. The molecule has 0 bridgehead atoms. The van der Waals surface area contributed by atoms with E-state index in [-0.39, 0.29) is 18.3 Å². The number of hydrogen-bond donors (Lipinski definition) is 1. The number of nitrogens with one attached hydrogen (secondary N) is 1. The predicted octanol–water partition coefficient (Wildman–Crippen LogP) is 1.52. The Labute approximate surface area is 130 Å². The van der Waals surface area contributed by atoms with Crippen LogP contribution >= 0.6 is 11.6 Å². The Morgan fingerprint density at radius 3 is 2.20 bits per heavy atom. The third-order valence-corrected chi connectivity index (χ3v) is 3.31. The van der Waals surface area contributed by atoms with Crippen molar-refractivity contribution in [2.24, 2.45) is 0 Å². The van der Waals surface area contributed by atoms with Crippen molar-refractivity contribution in [3.05, 3.63) is 63.7 Å². The summed E-state index contributed by atoms with van der Waals surface area (Å²) in [6, 6.07) is 11.3. The SMILES string of the molecule is Cc1ccc(NC(=O)c2ccc(C)cc2Cl)c(C)c1.[Cl-]. The number of rotatable bonds is 2. The van der Waals surface area contributed by atoms with Crippen molar-refractivity contribution >= 4 is 23.2 Å². The maximum absolute atomic E-state index is 12.2. The average Bonchev–Trinajstić information content (AvgIpc) is 2.32. The fraction of sp³-hybridized carbons (Fsp3) is 0.188. The van der Waals surface area contributed by atoms with E-state index >= 15 is 0 Å². The maximum atomic E-state index is 12.2. The molecule has 0 heterocycles. The van der Waals surface area contributed by atoms with E-state index in [1.54, 1.807) is 12.1 Å². The molecular weight excluding hydrogens is 293 g/mol. The van der Waals surface area contributed by atoms with E-state index in [4.69, 9.17) is 11.6 Å². The van der Waals surface area contributed by atoms with Gasteiger partial charge in [0.1, 0.15) is 0 Å². The molecule has 2 rings (SSSR count). The van der Waals surface area contributed by atoms with Crippen molar-refractivity contribution in [1.82, 2.24) is 0 Å². The summed E-state index contributed by atoms with van der Waals surface area (Å²) in [7, 11) is 0. The van der Waals surface area contributed by atoms with E-state index in [1.165, 1.54) is 5.56 Å². The highest BCUT2D eigenvalue weighted by atomic mass is 35.5. The van der Waals surface area contributed by atoms with Crippen molar-refractivity contribution in [2.45, 2.75) is 20.8 Å². The average molecular weight is 309 g/mol. The lowest BCUT2D eigenvalue weighted by atomic mass is 10.1. The van der Waals surface area contributed by atoms with Crippen LogP contribution in [-0.2, 0) is 0 Å². The van der Waals surface area contributed by atoms with E-state index in [1.807, 2.05) is 45.0 Å². The third kappa shape index (κ3) is 3.75.